The van der Waals surface area contributed by atoms with E-state index >= 15 is 0 Å². The van der Waals surface area contributed by atoms with Gasteiger partial charge in [0.25, 0.3) is 0 Å². The van der Waals surface area contributed by atoms with Gasteiger partial charge in [-0.25, -0.2) is 4.98 Å². The summed E-state index contributed by atoms with van der Waals surface area (Å²) in [6.45, 7) is 5.84. The molecule has 1 aliphatic carbocycles. The van der Waals surface area contributed by atoms with E-state index in [0.717, 1.165) is 94.9 Å². The highest BCUT2D eigenvalue weighted by atomic mass is 16.5. The SMILES string of the molecule is NC=C(C=NC1CCOCC1)Nc1nc(NC2CCC(N3CCOCC3)CC2)c2c(ccn2CCCC(N)=O)n1. The highest BCUT2D eigenvalue weighted by Crippen LogP contribution is 2.30. The van der Waals surface area contributed by atoms with E-state index in [4.69, 9.17) is 30.9 Å². The lowest BCUT2D eigenvalue weighted by Gasteiger charge is -2.39. The summed E-state index contributed by atoms with van der Waals surface area (Å²) in [5.41, 5.74) is 13.7. The van der Waals surface area contributed by atoms with Crippen LogP contribution in [-0.2, 0) is 20.8 Å². The third-order valence-corrected chi connectivity index (χ3v) is 8.08. The fraction of sp³-hybridized carbons (Fsp3) is 0.643. The minimum atomic E-state index is -0.293. The number of carbonyl (C=O) groups is 1. The van der Waals surface area contributed by atoms with Crippen LogP contribution in [0.25, 0.3) is 11.0 Å². The number of amides is 1. The second kappa shape index (κ2) is 13.9. The number of nitrogens with zero attached hydrogens (tertiary/aromatic N) is 5. The first-order chi connectivity index (χ1) is 19.6. The fourth-order valence-corrected chi connectivity index (χ4v) is 5.86. The van der Waals surface area contributed by atoms with E-state index in [1.54, 1.807) is 6.21 Å². The summed E-state index contributed by atoms with van der Waals surface area (Å²) in [7, 11) is 0. The number of aryl methyl sites for hydroxylation is 1. The highest BCUT2D eigenvalue weighted by Gasteiger charge is 2.28. The molecule has 40 heavy (non-hydrogen) atoms. The molecule has 0 aromatic carbocycles. The normalized spacial score (nSPS) is 23.6. The number of hydrogen-bond acceptors (Lipinski definition) is 10. The lowest BCUT2D eigenvalue weighted by atomic mass is 9.90. The molecule has 0 bridgehead atoms. The molecule has 12 heteroatoms. The molecule has 0 unspecified atom stereocenters. The fourth-order valence-electron chi connectivity index (χ4n) is 5.86. The molecule has 218 valence electrons. The molecule has 1 amide bonds. The first-order valence-corrected chi connectivity index (χ1v) is 14.6. The number of carbonyl (C=O) groups excluding carboxylic acids is 1. The molecule has 5 rings (SSSR count). The quantitative estimate of drug-likeness (QED) is 0.306. The van der Waals surface area contributed by atoms with E-state index in [1.165, 1.54) is 6.20 Å². The van der Waals surface area contributed by atoms with Crippen LogP contribution < -0.4 is 22.1 Å². The van der Waals surface area contributed by atoms with Gasteiger partial charge < -0.3 is 36.1 Å². The van der Waals surface area contributed by atoms with Crippen LogP contribution in [0.5, 0.6) is 0 Å². The molecule has 2 aromatic heterocycles. The van der Waals surface area contributed by atoms with Crippen molar-refractivity contribution in [2.45, 2.75) is 76.0 Å². The summed E-state index contributed by atoms with van der Waals surface area (Å²) in [4.78, 5) is 28.3. The number of anilines is 2. The number of hydrogen-bond donors (Lipinski definition) is 4. The summed E-state index contributed by atoms with van der Waals surface area (Å²) in [6.07, 6.45) is 12.5. The molecule has 4 heterocycles. The zero-order chi connectivity index (χ0) is 27.7. The Labute approximate surface area is 235 Å². The highest BCUT2D eigenvalue weighted by molar-refractivity contribution is 5.89. The van der Waals surface area contributed by atoms with Crippen molar-refractivity contribution in [1.29, 1.82) is 0 Å². The van der Waals surface area contributed by atoms with Crippen molar-refractivity contribution in [3.05, 3.63) is 24.2 Å². The largest absolute Gasteiger partial charge is 0.403 e. The van der Waals surface area contributed by atoms with E-state index in [2.05, 4.69) is 25.1 Å². The number of aromatic nitrogens is 3. The number of allylic oxidation sites excluding steroid dienone is 1. The van der Waals surface area contributed by atoms with Crippen LogP contribution in [0.1, 0.15) is 51.4 Å². The van der Waals surface area contributed by atoms with Crippen molar-refractivity contribution in [2.24, 2.45) is 16.5 Å². The Kier molecular flexibility index (Phi) is 9.85. The molecular weight excluding hydrogens is 510 g/mol. The first-order valence-electron chi connectivity index (χ1n) is 14.6. The van der Waals surface area contributed by atoms with Crippen LogP contribution in [0.2, 0.25) is 0 Å². The Morgan fingerprint density at radius 2 is 1.82 bits per heavy atom. The Hall–Kier alpha value is -3.22. The molecular formula is C28H43N9O3. The van der Waals surface area contributed by atoms with Crippen LogP contribution in [0.15, 0.2) is 29.2 Å². The predicted molar refractivity (Wildman–Crippen MR) is 156 cm³/mol. The van der Waals surface area contributed by atoms with Gasteiger partial charge in [0.2, 0.25) is 11.9 Å². The summed E-state index contributed by atoms with van der Waals surface area (Å²) in [5, 5.41) is 7.00. The lowest BCUT2D eigenvalue weighted by molar-refractivity contribution is -0.118. The van der Waals surface area contributed by atoms with Crippen LogP contribution in [-0.4, -0.2) is 89.2 Å². The number of aliphatic imine (C=N–C) groups is 1. The van der Waals surface area contributed by atoms with Crippen LogP contribution in [0.4, 0.5) is 11.8 Å². The maximum absolute atomic E-state index is 11.3. The van der Waals surface area contributed by atoms with Gasteiger partial charge in [0.05, 0.1) is 30.5 Å². The van der Waals surface area contributed by atoms with Crippen molar-refractivity contribution in [2.75, 3.05) is 50.2 Å². The molecule has 0 radical (unpaired) electrons. The van der Waals surface area contributed by atoms with Gasteiger partial charge in [-0.2, -0.15) is 4.98 Å². The predicted octanol–water partition coefficient (Wildman–Crippen LogP) is 2.21. The maximum Gasteiger partial charge on any atom is 0.229 e. The van der Waals surface area contributed by atoms with E-state index in [0.29, 0.717) is 43.1 Å². The van der Waals surface area contributed by atoms with Crippen LogP contribution in [0.3, 0.4) is 0 Å². The van der Waals surface area contributed by atoms with Gasteiger partial charge in [-0.1, -0.05) is 0 Å². The molecule has 2 aromatic rings. The molecule has 3 fully saturated rings. The topological polar surface area (TPSA) is 158 Å². The average Bonchev–Trinajstić information content (AvgIpc) is 3.39. The summed E-state index contributed by atoms with van der Waals surface area (Å²) in [6, 6.07) is 3.15. The zero-order valence-electron chi connectivity index (χ0n) is 23.3. The third-order valence-electron chi connectivity index (χ3n) is 8.08. The number of rotatable bonds is 11. The number of fused-ring (bicyclic) bond motifs is 1. The number of ether oxygens (including phenoxy) is 2. The lowest BCUT2D eigenvalue weighted by Crippen LogP contribution is -2.46. The minimum Gasteiger partial charge on any atom is -0.403 e. The van der Waals surface area contributed by atoms with Crippen molar-refractivity contribution < 1.29 is 14.3 Å². The molecule has 0 spiro atoms. The third kappa shape index (κ3) is 7.49. The minimum absolute atomic E-state index is 0.230. The molecule has 2 aliphatic heterocycles. The molecule has 0 atom stereocenters. The van der Waals surface area contributed by atoms with Gasteiger partial charge in [0.1, 0.15) is 5.52 Å². The zero-order valence-corrected chi connectivity index (χ0v) is 23.3. The smallest absolute Gasteiger partial charge is 0.229 e. The Morgan fingerprint density at radius 3 is 2.55 bits per heavy atom. The molecule has 3 aliphatic rings. The Morgan fingerprint density at radius 1 is 1.07 bits per heavy atom. The number of nitrogens with one attached hydrogen (secondary N) is 2. The molecule has 12 nitrogen and oxygen atoms in total. The van der Waals surface area contributed by atoms with E-state index in [1.807, 2.05) is 12.3 Å². The summed E-state index contributed by atoms with van der Waals surface area (Å²) >= 11 is 0. The van der Waals surface area contributed by atoms with Crippen molar-refractivity contribution in [3.8, 4) is 0 Å². The number of primary amides is 1. The van der Waals surface area contributed by atoms with E-state index in [9.17, 15) is 4.79 Å². The summed E-state index contributed by atoms with van der Waals surface area (Å²) < 4.78 is 13.1. The summed E-state index contributed by atoms with van der Waals surface area (Å²) in [5.74, 6) is 0.948. The molecule has 6 N–H and O–H groups in total. The molecule has 2 saturated heterocycles. The van der Waals surface area contributed by atoms with Crippen LogP contribution >= 0.6 is 0 Å². The Balaban J connectivity index is 1.32. The van der Waals surface area contributed by atoms with Gasteiger partial charge in [0, 0.05) is 70.0 Å². The van der Waals surface area contributed by atoms with Crippen molar-refractivity contribution in [3.63, 3.8) is 0 Å². The van der Waals surface area contributed by atoms with Gasteiger partial charge in [-0.15, -0.1) is 0 Å². The van der Waals surface area contributed by atoms with Gasteiger partial charge >= 0.3 is 0 Å². The van der Waals surface area contributed by atoms with Gasteiger partial charge in [-0.3, -0.25) is 14.7 Å². The van der Waals surface area contributed by atoms with Crippen LogP contribution in [0, 0.1) is 0 Å². The second-order valence-electron chi connectivity index (χ2n) is 10.9. The number of morpholine rings is 1. The first kappa shape index (κ1) is 28.3. The monoisotopic (exact) mass is 553 g/mol. The van der Waals surface area contributed by atoms with Gasteiger partial charge in [0.15, 0.2) is 5.82 Å². The van der Waals surface area contributed by atoms with E-state index < -0.39 is 0 Å². The molecule has 1 saturated carbocycles. The standard InChI is InChI=1S/C28H43N9O3/c29-18-22(19-31-20-8-14-39-15-9-20)33-28-34-24-7-11-37(10-1-2-25(30)38)26(24)27(35-28)32-21-3-5-23(6-4-21)36-12-16-40-17-13-36/h7,11,18-21,23H,1-6,8-10,12-17,29H2,(H2,30,38)(H2,32,33,34,35). The second-order valence-corrected chi connectivity index (χ2v) is 10.9. The number of nitrogens with two attached hydrogens (primary N) is 2. The van der Waals surface area contributed by atoms with Gasteiger partial charge in [-0.05, 0) is 51.0 Å². The van der Waals surface area contributed by atoms with Crippen molar-refractivity contribution >= 4 is 34.9 Å². The van der Waals surface area contributed by atoms with Crippen molar-refractivity contribution in [1.82, 2.24) is 19.4 Å². The maximum atomic E-state index is 11.3. The average molecular weight is 554 g/mol. The Bertz CT molecular complexity index is 1180. The van der Waals surface area contributed by atoms with E-state index in [-0.39, 0.29) is 11.9 Å².